The minimum atomic E-state index is -1.52. The highest BCUT2D eigenvalue weighted by Gasteiger charge is 2.69. The highest BCUT2D eigenvalue weighted by molar-refractivity contribution is 6.08. The van der Waals surface area contributed by atoms with Gasteiger partial charge in [-0.25, -0.2) is 4.79 Å². The number of aliphatic hydroxyl groups is 2. The minimum Gasteiger partial charge on any atom is -0.512 e. The van der Waals surface area contributed by atoms with Crippen molar-refractivity contribution in [1.29, 1.82) is 0 Å². The lowest BCUT2D eigenvalue weighted by Gasteiger charge is -2.65. The first-order valence-corrected chi connectivity index (χ1v) is 13.1. The van der Waals surface area contributed by atoms with Crippen LogP contribution in [-0.2, 0) is 16.6 Å². The molecule has 2 fully saturated rings. The van der Waals surface area contributed by atoms with E-state index in [0.29, 0.717) is 30.9 Å². The van der Waals surface area contributed by atoms with Gasteiger partial charge in [0.1, 0.15) is 5.76 Å². The molecule has 6 rings (SSSR count). The molecule has 2 aromatic carbocycles. The summed E-state index contributed by atoms with van der Waals surface area (Å²) in [6.07, 6.45) is 2.97. The van der Waals surface area contributed by atoms with Gasteiger partial charge in [0.2, 0.25) is 0 Å². The third-order valence-corrected chi connectivity index (χ3v) is 9.43. The van der Waals surface area contributed by atoms with Crippen molar-refractivity contribution in [2.24, 2.45) is 11.8 Å². The maximum absolute atomic E-state index is 13.5. The van der Waals surface area contributed by atoms with Gasteiger partial charge in [-0.1, -0.05) is 25.1 Å². The van der Waals surface area contributed by atoms with E-state index in [1.165, 1.54) is 18.2 Å². The zero-order valence-corrected chi connectivity index (χ0v) is 21.1. The molecule has 9 heteroatoms. The molecular formula is C29H32N2O7. The van der Waals surface area contributed by atoms with Gasteiger partial charge in [-0.2, -0.15) is 0 Å². The lowest BCUT2D eigenvalue weighted by molar-refractivity contribution is -0.171. The summed E-state index contributed by atoms with van der Waals surface area (Å²) in [7, 11) is 0. The molecule has 2 aromatic rings. The fourth-order valence-corrected chi connectivity index (χ4v) is 7.39. The van der Waals surface area contributed by atoms with E-state index in [0.717, 1.165) is 24.9 Å². The van der Waals surface area contributed by atoms with Crippen molar-refractivity contribution >= 4 is 17.6 Å². The molecule has 0 radical (unpaired) electrons. The molecule has 1 aliphatic heterocycles. The number of phenolic OH excluding ortho intramolecular Hbond substituents is 2. The first kappa shape index (κ1) is 24.8. The number of rotatable bonds is 5. The van der Waals surface area contributed by atoms with Crippen LogP contribution in [0.15, 0.2) is 47.7 Å². The number of phenols is 2. The molecule has 0 spiro atoms. The number of amides is 1. The van der Waals surface area contributed by atoms with Crippen molar-refractivity contribution < 1.29 is 35.1 Å². The van der Waals surface area contributed by atoms with Gasteiger partial charge in [0.15, 0.2) is 11.5 Å². The summed E-state index contributed by atoms with van der Waals surface area (Å²) in [5.41, 5.74) is -1.38. The number of fused-ring (bicyclic) bond motifs is 1. The van der Waals surface area contributed by atoms with Gasteiger partial charge < -0.3 is 30.8 Å². The third kappa shape index (κ3) is 3.38. The Balaban J connectivity index is 1.47. The number of para-hydroxylation sites is 1. The summed E-state index contributed by atoms with van der Waals surface area (Å²) in [4.78, 5) is 27.5. The number of likely N-dealkylation sites (tertiary alicyclic amines) is 1. The molecule has 1 amide bonds. The summed E-state index contributed by atoms with van der Waals surface area (Å²) in [5, 5.41) is 57.8. The van der Waals surface area contributed by atoms with E-state index in [9.17, 15) is 35.1 Å². The van der Waals surface area contributed by atoms with Crippen LogP contribution in [0.3, 0.4) is 0 Å². The molecule has 1 heterocycles. The molecule has 4 atom stereocenters. The van der Waals surface area contributed by atoms with Gasteiger partial charge >= 0.3 is 5.97 Å². The molecule has 3 aliphatic carbocycles. The fraction of sp³-hybridized carbons (Fsp3) is 0.448. The number of nitrogens with one attached hydrogen (secondary N) is 1. The first-order chi connectivity index (χ1) is 18.1. The quantitative estimate of drug-likeness (QED) is 0.329. The molecule has 2 bridgehead atoms. The second kappa shape index (κ2) is 8.47. The maximum Gasteiger partial charge on any atom is 0.337 e. The molecule has 38 heavy (non-hydrogen) atoms. The summed E-state index contributed by atoms with van der Waals surface area (Å²) in [5.74, 6) is -2.84. The van der Waals surface area contributed by atoms with Gasteiger partial charge in [-0.15, -0.1) is 0 Å². The number of anilines is 1. The second-order valence-corrected chi connectivity index (χ2v) is 11.3. The van der Waals surface area contributed by atoms with E-state index >= 15 is 0 Å². The van der Waals surface area contributed by atoms with E-state index in [2.05, 4.69) is 10.2 Å². The number of carbonyl (C=O) groups excluding carboxylic acids is 1. The van der Waals surface area contributed by atoms with Crippen molar-refractivity contribution in [2.45, 2.75) is 56.1 Å². The Hall–Kier alpha value is -3.56. The largest absolute Gasteiger partial charge is 0.512 e. The summed E-state index contributed by atoms with van der Waals surface area (Å²) in [6.45, 7) is 3.23. The average molecular weight is 521 g/mol. The van der Waals surface area contributed by atoms with Gasteiger partial charge in [-0.05, 0) is 61.9 Å². The number of hydrogen-bond acceptors (Lipinski definition) is 7. The number of hydrogen-bond donors (Lipinski definition) is 6. The Labute approximate surface area is 220 Å². The number of aromatic carboxylic acids is 1. The van der Waals surface area contributed by atoms with Crippen molar-refractivity contribution in [3.05, 3.63) is 64.4 Å². The molecule has 9 nitrogen and oxygen atoms in total. The average Bonchev–Trinajstić information content (AvgIpc) is 3.70. The van der Waals surface area contributed by atoms with Crippen LogP contribution in [0.1, 0.15) is 54.1 Å². The highest BCUT2D eigenvalue weighted by atomic mass is 16.4. The van der Waals surface area contributed by atoms with Crippen LogP contribution in [-0.4, -0.2) is 67.0 Å². The van der Waals surface area contributed by atoms with Crippen molar-refractivity contribution in [3.8, 4) is 11.5 Å². The number of nitrogens with zero attached hydrogens (tertiary/aromatic N) is 1. The first-order valence-electron chi connectivity index (χ1n) is 13.1. The number of allylic oxidation sites excluding steroid dienone is 1. The molecule has 4 aliphatic rings. The Morgan fingerprint density at radius 1 is 1.11 bits per heavy atom. The van der Waals surface area contributed by atoms with E-state index in [4.69, 9.17) is 0 Å². The van der Waals surface area contributed by atoms with Gasteiger partial charge in [0, 0.05) is 35.9 Å². The molecule has 1 saturated heterocycles. The van der Waals surface area contributed by atoms with Crippen molar-refractivity contribution in [3.63, 3.8) is 0 Å². The Bertz CT molecular complexity index is 1380. The van der Waals surface area contributed by atoms with Crippen molar-refractivity contribution in [2.75, 3.05) is 18.4 Å². The van der Waals surface area contributed by atoms with E-state index in [-0.39, 0.29) is 46.5 Å². The van der Waals surface area contributed by atoms with Crippen molar-refractivity contribution in [1.82, 2.24) is 4.90 Å². The zero-order valence-electron chi connectivity index (χ0n) is 21.1. The molecule has 0 unspecified atom stereocenters. The van der Waals surface area contributed by atoms with Crippen LogP contribution >= 0.6 is 0 Å². The molecule has 6 N–H and O–H groups in total. The number of benzene rings is 2. The number of piperidine rings is 1. The van der Waals surface area contributed by atoms with Crippen LogP contribution in [0.4, 0.5) is 5.69 Å². The van der Waals surface area contributed by atoms with Crippen LogP contribution in [0, 0.1) is 11.8 Å². The number of carboxylic acids is 1. The number of carbonyl (C=O) groups is 2. The number of aliphatic hydroxyl groups excluding tert-OH is 1. The van der Waals surface area contributed by atoms with Crippen LogP contribution in [0.5, 0.6) is 11.5 Å². The highest BCUT2D eigenvalue weighted by Crippen LogP contribution is 2.64. The van der Waals surface area contributed by atoms with E-state index in [1.54, 1.807) is 25.1 Å². The minimum absolute atomic E-state index is 0.00261. The zero-order chi connectivity index (χ0) is 27.0. The number of aromatic hydroxyl groups is 2. The fourth-order valence-electron chi connectivity index (χ4n) is 7.39. The van der Waals surface area contributed by atoms with Gasteiger partial charge in [0.05, 0.1) is 22.4 Å². The smallest absolute Gasteiger partial charge is 0.337 e. The van der Waals surface area contributed by atoms with E-state index < -0.39 is 28.8 Å². The standard InChI is InChI=1S/C29H32N2O7/c1-15-24(33)19(26(35)30-20-5-3-2-4-18(20)27(36)37)13-29(38)22-12-17-8-9-21(32)25(34)23(17)28(15,29)10-11-31(22)14-16-6-7-16/h2-5,8-9,15-16,22,32-34,38H,6-7,10-14H2,1H3,(H,30,35)(H,36,37)/t15-,22+,28+,29+/m0/s1. The summed E-state index contributed by atoms with van der Waals surface area (Å²) in [6, 6.07) is 8.89. The number of carboxylic acid groups (broad SMARTS) is 1. The van der Waals surface area contributed by atoms with Crippen LogP contribution in [0.2, 0.25) is 0 Å². The maximum atomic E-state index is 13.5. The Kier molecular flexibility index (Phi) is 5.52. The summed E-state index contributed by atoms with van der Waals surface area (Å²) < 4.78 is 0. The second-order valence-electron chi connectivity index (χ2n) is 11.3. The normalized spacial score (nSPS) is 30.4. The predicted octanol–water partition coefficient (Wildman–Crippen LogP) is 3.30. The van der Waals surface area contributed by atoms with Gasteiger partial charge in [-0.3, -0.25) is 9.69 Å². The lowest BCUT2D eigenvalue weighted by atomic mass is 9.46. The molecule has 200 valence electrons. The Morgan fingerprint density at radius 3 is 2.55 bits per heavy atom. The molecule has 0 aromatic heterocycles. The molecule has 1 saturated carbocycles. The van der Waals surface area contributed by atoms with Crippen LogP contribution in [0.25, 0.3) is 0 Å². The SMILES string of the molecule is C[C@H]1C(O)=C(C(=O)Nc2ccccc2C(=O)O)C[C@@]2(O)[C@H]3Cc4ccc(O)c(O)c4[C@@]12CCN3CC1CC1. The van der Waals surface area contributed by atoms with Crippen LogP contribution < -0.4 is 5.32 Å². The van der Waals surface area contributed by atoms with E-state index in [1.807, 2.05) is 0 Å². The summed E-state index contributed by atoms with van der Waals surface area (Å²) >= 11 is 0. The topological polar surface area (TPSA) is 151 Å². The predicted molar refractivity (Wildman–Crippen MR) is 138 cm³/mol. The lowest BCUT2D eigenvalue weighted by Crippen LogP contribution is -2.75. The monoisotopic (exact) mass is 520 g/mol. The molecular weight excluding hydrogens is 488 g/mol. The Morgan fingerprint density at radius 2 is 1.84 bits per heavy atom. The third-order valence-electron chi connectivity index (χ3n) is 9.43. The van der Waals surface area contributed by atoms with Gasteiger partial charge in [0.25, 0.3) is 5.91 Å².